The van der Waals surface area contributed by atoms with Crippen molar-refractivity contribution in [1.82, 2.24) is 4.90 Å². The summed E-state index contributed by atoms with van der Waals surface area (Å²) in [6.07, 6.45) is -3.13. The molecule has 3 nitrogen and oxygen atoms in total. The van der Waals surface area contributed by atoms with E-state index in [-0.39, 0.29) is 13.1 Å². The van der Waals surface area contributed by atoms with Crippen LogP contribution >= 0.6 is 0 Å². The number of carbonyl (C=O) groups excluding carboxylic acids is 1. The van der Waals surface area contributed by atoms with Crippen LogP contribution in [-0.2, 0) is 0 Å². The summed E-state index contributed by atoms with van der Waals surface area (Å²) in [5, 5.41) is 0. The molecule has 10 heavy (non-hydrogen) atoms. The molecule has 2 atom stereocenters. The highest BCUT2D eigenvalue weighted by molar-refractivity contribution is 5.72. The number of nitrogens with zero attached hydrogens (tertiary/aromatic N) is 1. The van der Waals surface area contributed by atoms with Crippen LogP contribution in [0.4, 0.5) is 13.6 Å². The van der Waals surface area contributed by atoms with Gasteiger partial charge in [-0.3, -0.25) is 0 Å². The Morgan fingerprint density at radius 1 is 1.40 bits per heavy atom. The zero-order valence-electron chi connectivity index (χ0n) is 5.26. The molecule has 2 amide bonds. The fourth-order valence-corrected chi connectivity index (χ4v) is 0.904. The SMILES string of the molecule is NC(=O)N1C[C@@H](F)[C@@H](F)C1. The van der Waals surface area contributed by atoms with E-state index in [0.29, 0.717) is 0 Å². The van der Waals surface area contributed by atoms with Crippen LogP contribution < -0.4 is 5.73 Å². The number of carbonyl (C=O) groups is 1. The number of nitrogens with two attached hydrogens (primary N) is 1. The number of rotatable bonds is 0. The van der Waals surface area contributed by atoms with Gasteiger partial charge in [-0.1, -0.05) is 0 Å². The molecular formula is C5H8F2N2O. The van der Waals surface area contributed by atoms with Crippen molar-refractivity contribution < 1.29 is 13.6 Å². The molecule has 1 rings (SSSR count). The van der Waals surface area contributed by atoms with E-state index in [1.54, 1.807) is 0 Å². The Kier molecular flexibility index (Phi) is 1.74. The Labute approximate surface area is 56.8 Å². The van der Waals surface area contributed by atoms with Crippen molar-refractivity contribution in [1.29, 1.82) is 0 Å². The molecule has 5 heteroatoms. The fraction of sp³-hybridized carbons (Fsp3) is 0.800. The summed E-state index contributed by atoms with van der Waals surface area (Å²) in [4.78, 5) is 11.3. The maximum atomic E-state index is 12.3. The highest BCUT2D eigenvalue weighted by atomic mass is 19.2. The molecule has 1 heterocycles. The molecule has 0 aromatic carbocycles. The topological polar surface area (TPSA) is 46.3 Å². The highest BCUT2D eigenvalue weighted by Crippen LogP contribution is 2.15. The normalized spacial score (nSPS) is 32.8. The first-order valence-corrected chi connectivity index (χ1v) is 2.94. The second-order valence-electron chi connectivity index (χ2n) is 2.28. The van der Waals surface area contributed by atoms with Gasteiger partial charge in [-0.15, -0.1) is 0 Å². The Morgan fingerprint density at radius 3 is 2.00 bits per heavy atom. The predicted octanol–water partition coefficient (Wildman–Crippen LogP) is 0.0569. The van der Waals surface area contributed by atoms with E-state index in [1.165, 1.54) is 0 Å². The molecule has 0 unspecified atom stereocenters. The van der Waals surface area contributed by atoms with Gasteiger partial charge in [0.05, 0.1) is 13.1 Å². The first-order chi connectivity index (χ1) is 4.61. The van der Waals surface area contributed by atoms with Gasteiger partial charge in [0.25, 0.3) is 0 Å². The number of alkyl halides is 2. The van der Waals surface area contributed by atoms with Crippen LogP contribution in [0.5, 0.6) is 0 Å². The minimum Gasteiger partial charge on any atom is -0.351 e. The number of urea groups is 1. The lowest BCUT2D eigenvalue weighted by atomic mass is 10.3. The highest BCUT2D eigenvalue weighted by Gasteiger charge is 2.34. The molecule has 1 aliphatic rings. The summed E-state index contributed by atoms with van der Waals surface area (Å²) in [5.74, 6) is 0. The van der Waals surface area contributed by atoms with Crippen molar-refractivity contribution in [2.75, 3.05) is 13.1 Å². The molecule has 0 aromatic rings. The van der Waals surface area contributed by atoms with Crippen molar-refractivity contribution in [3.05, 3.63) is 0 Å². The second-order valence-corrected chi connectivity index (χ2v) is 2.28. The zero-order chi connectivity index (χ0) is 7.72. The summed E-state index contributed by atoms with van der Waals surface area (Å²) in [5.41, 5.74) is 4.78. The summed E-state index contributed by atoms with van der Waals surface area (Å²) in [6, 6.07) is -0.761. The van der Waals surface area contributed by atoms with Crippen LogP contribution in [0, 0.1) is 0 Å². The fourth-order valence-electron chi connectivity index (χ4n) is 0.904. The average molecular weight is 150 g/mol. The first kappa shape index (κ1) is 7.24. The quantitative estimate of drug-likeness (QED) is 0.521. The molecule has 0 aromatic heterocycles. The van der Waals surface area contributed by atoms with E-state index < -0.39 is 18.4 Å². The largest absolute Gasteiger partial charge is 0.351 e. The standard InChI is InChI=1S/C5H8F2N2O/c6-3-1-9(5(8)10)2-4(3)7/h3-4H,1-2H2,(H2,8,10)/t3-,4+. The number of primary amides is 1. The van der Waals surface area contributed by atoms with E-state index in [2.05, 4.69) is 0 Å². The Morgan fingerprint density at radius 2 is 1.80 bits per heavy atom. The van der Waals surface area contributed by atoms with Crippen LogP contribution in [-0.4, -0.2) is 36.4 Å². The minimum atomic E-state index is -1.56. The van der Waals surface area contributed by atoms with Gasteiger partial charge in [0.1, 0.15) is 0 Å². The number of hydrogen-bond donors (Lipinski definition) is 1. The number of likely N-dealkylation sites (tertiary alicyclic amines) is 1. The van der Waals surface area contributed by atoms with Crippen molar-refractivity contribution in [3.63, 3.8) is 0 Å². The van der Waals surface area contributed by atoms with Gasteiger partial charge in [-0.05, 0) is 0 Å². The van der Waals surface area contributed by atoms with E-state index in [4.69, 9.17) is 5.73 Å². The molecular weight excluding hydrogens is 142 g/mol. The monoisotopic (exact) mass is 150 g/mol. The van der Waals surface area contributed by atoms with Crippen molar-refractivity contribution in [3.8, 4) is 0 Å². The van der Waals surface area contributed by atoms with E-state index in [0.717, 1.165) is 4.90 Å². The van der Waals surface area contributed by atoms with Crippen LogP contribution in [0.15, 0.2) is 0 Å². The van der Waals surface area contributed by atoms with Gasteiger partial charge >= 0.3 is 6.03 Å². The molecule has 0 saturated carbocycles. The van der Waals surface area contributed by atoms with Crippen molar-refractivity contribution in [2.24, 2.45) is 5.73 Å². The van der Waals surface area contributed by atoms with Gasteiger partial charge < -0.3 is 10.6 Å². The summed E-state index contributed by atoms with van der Waals surface area (Å²) in [6.45, 7) is -0.424. The number of amides is 2. The maximum Gasteiger partial charge on any atom is 0.314 e. The summed E-state index contributed by atoms with van der Waals surface area (Å²) in [7, 11) is 0. The van der Waals surface area contributed by atoms with E-state index >= 15 is 0 Å². The third kappa shape index (κ3) is 1.17. The number of hydrogen-bond acceptors (Lipinski definition) is 1. The van der Waals surface area contributed by atoms with Crippen LogP contribution in [0.2, 0.25) is 0 Å². The van der Waals surface area contributed by atoms with Gasteiger partial charge in [0, 0.05) is 0 Å². The lowest BCUT2D eigenvalue weighted by Gasteiger charge is -2.09. The molecule has 1 aliphatic heterocycles. The average Bonchev–Trinajstić information content (AvgIpc) is 2.13. The third-order valence-corrected chi connectivity index (χ3v) is 1.49. The Hall–Kier alpha value is -0.870. The zero-order valence-corrected chi connectivity index (χ0v) is 5.26. The maximum absolute atomic E-state index is 12.3. The van der Waals surface area contributed by atoms with Gasteiger partial charge in [-0.2, -0.15) is 0 Å². The van der Waals surface area contributed by atoms with E-state index in [9.17, 15) is 13.6 Å². The van der Waals surface area contributed by atoms with Crippen LogP contribution in [0.1, 0.15) is 0 Å². The van der Waals surface area contributed by atoms with Crippen molar-refractivity contribution >= 4 is 6.03 Å². The molecule has 2 N–H and O–H groups in total. The molecule has 0 spiro atoms. The third-order valence-electron chi connectivity index (χ3n) is 1.49. The summed E-state index contributed by atoms with van der Waals surface area (Å²) >= 11 is 0. The lowest BCUT2D eigenvalue weighted by Crippen LogP contribution is -2.34. The smallest absolute Gasteiger partial charge is 0.314 e. The van der Waals surface area contributed by atoms with Gasteiger partial charge in [-0.25, -0.2) is 13.6 Å². The molecule has 1 saturated heterocycles. The Bertz CT molecular complexity index is 143. The predicted molar refractivity (Wildman–Crippen MR) is 30.9 cm³/mol. The number of halogens is 2. The molecule has 58 valence electrons. The summed E-state index contributed by atoms with van der Waals surface area (Å²) < 4.78 is 24.6. The van der Waals surface area contributed by atoms with Gasteiger partial charge in [0.15, 0.2) is 12.3 Å². The van der Waals surface area contributed by atoms with E-state index in [1.807, 2.05) is 0 Å². The van der Waals surface area contributed by atoms with Crippen LogP contribution in [0.3, 0.4) is 0 Å². The molecule has 1 fully saturated rings. The van der Waals surface area contributed by atoms with Crippen molar-refractivity contribution in [2.45, 2.75) is 12.3 Å². The first-order valence-electron chi connectivity index (χ1n) is 2.94. The van der Waals surface area contributed by atoms with Gasteiger partial charge in [0.2, 0.25) is 0 Å². The second kappa shape index (κ2) is 2.40. The molecule has 0 aliphatic carbocycles. The van der Waals surface area contributed by atoms with Crippen LogP contribution in [0.25, 0.3) is 0 Å². The minimum absolute atomic E-state index is 0.212. The molecule has 0 bridgehead atoms. The lowest BCUT2D eigenvalue weighted by molar-refractivity contribution is 0.214. The molecule has 0 radical (unpaired) electrons. The Balaban J connectivity index is 2.49.